The zero-order valence-electron chi connectivity index (χ0n) is 18.0. The summed E-state index contributed by atoms with van der Waals surface area (Å²) in [5, 5.41) is 15.1. The second-order valence-corrected chi connectivity index (χ2v) is 8.22. The van der Waals surface area contributed by atoms with E-state index in [1.54, 1.807) is 9.36 Å². The fourth-order valence-corrected chi connectivity index (χ4v) is 4.10. The van der Waals surface area contributed by atoms with E-state index in [1.165, 1.54) is 16.4 Å². The van der Waals surface area contributed by atoms with Gasteiger partial charge >= 0.3 is 0 Å². The van der Waals surface area contributed by atoms with Crippen LogP contribution in [0.3, 0.4) is 0 Å². The van der Waals surface area contributed by atoms with Gasteiger partial charge in [-0.1, -0.05) is 54.2 Å². The molecule has 1 amide bonds. The Balaban J connectivity index is 1.52. The summed E-state index contributed by atoms with van der Waals surface area (Å²) < 4.78 is 4.73. The average molecular weight is 450 g/mol. The fraction of sp³-hybridized carbons (Fsp3) is 0.227. The van der Waals surface area contributed by atoms with Crippen molar-refractivity contribution in [1.29, 1.82) is 0 Å². The minimum atomic E-state index is -0.241. The van der Waals surface area contributed by atoms with Gasteiger partial charge in [-0.15, -0.1) is 5.10 Å². The SMILES string of the molecule is Cc1ccccc1CNC(=O)CSc1nnnn1-c1c(C)n(C)n(-c2ccccc2)c1=O. The molecule has 10 heteroatoms. The van der Waals surface area contributed by atoms with Gasteiger partial charge in [-0.2, -0.15) is 4.68 Å². The van der Waals surface area contributed by atoms with Crippen LogP contribution in [-0.4, -0.2) is 41.2 Å². The number of nitrogens with zero attached hydrogens (tertiary/aromatic N) is 6. The predicted octanol–water partition coefficient (Wildman–Crippen LogP) is 2.18. The first kappa shape index (κ1) is 21.6. The lowest BCUT2D eigenvalue weighted by atomic mass is 10.1. The Labute approximate surface area is 189 Å². The number of aromatic nitrogens is 6. The van der Waals surface area contributed by atoms with Crippen LogP contribution >= 0.6 is 11.8 Å². The van der Waals surface area contributed by atoms with E-state index in [-0.39, 0.29) is 17.2 Å². The molecule has 0 fully saturated rings. The normalized spacial score (nSPS) is 11.0. The maximum atomic E-state index is 13.2. The fourth-order valence-electron chi connectivity index (χ4n) is 3.39. The van der Waals surface area contributed by atoms with Crippen molar-refractivity contribution in [2.24, 2.45) is 7.05 Å². The number of para-hydroxylation sites is 1. The van der Waals surface area contributed by atoms with Crippen LogP contribution in [0.25, 0.3) is 11.4 Å². The molecule has 0 bridgehead atoms. The van der Waals surface area contributed by atoms with Crippen molar-refractivity contribution in [3.63, 3.8) is 0 Å². The molecule has 2 aromatic carbocycles. The van der Waals surface area contributed by atoms with Crippen molar-refractivity contribution in [2.75, 3.05) is 5.75 Å². The van der Waals surface area contributed by atoms with Gasteiger partial charge in [0.25, 0.3) is 5.56 Å². The van der Waals surface area contributed by atoms with Crippen LogP contribution < -0.4 is 10.9 Å². The second-order valence-electron chi connectivity index (χ2n) is 7.28. The summed E-state index contributed by atoms with van der Waals surface area (Å²) in [7, 11) is 1.81. The van der Waals surface area contributed by atoms with Crippen molar-refractivity contribution in [2.45, 2.75) is 25.5 Å². The van der Waals surface area contributed by atoms with Crippen LogP contribution in [0.4, 0.5) is 0 Å². The van der Waals surface area contributed by atoms with E-state index in [4.69, 9.17) is 0 Å². The highest BCUT2D eigenvalue weighted by Gasteiger charge is 2.22. The Kier molecular flexibility index (Phi) is 6.22. The molecular weight excluding hydrogens is 426 g/mol. The molecule has 1 N–H and O–H groups in total. The third kappa shape index (κ3) is 4.22. The summed E-state index contributed by atoms with van der Waals surface area (Å²) in [4.78, 5) is 25.6. The van der Waals surface area contributed by atoms with Crippen molar-refractivity contribution < 1.29 is 4.79 Å². The lowest BCUT2D eigenvalue weighted by Gasteiger charge is -2.07. The zero-order valence-corrected chi connectivity index (χ0v) is 18.8. The number of nitrogens with one attached hydrogen (secondary N) is 1. The van der Waals surface area contributed by atoms with Gasteiger partial charge in [0.2, 0.25) is 11.1 Å². The molecule has 0 aliphatic carbocycles. The number of tetrazole rings is 1. The number of rotatable bonds is 7. The van der Waals surface area contributed by atoms with Gasteiger partial charge in [-0.05, 0) is 47.5 Å². The highest BCUT2D eigenvalue weighted by atomic mass is 32.2. The van der Waals surface area contributed by atoms with E-state index in [0.29, 0.717) is 23.1 Å². The Morgan fingerprint density at radius 2 is 1.78 bits per heavy atom. The van der Waals surface area contributed by atoms with E-state index in [2.05, 4.69) is 20.8 Å². The molecule has 0 spiro atoms. The summed E-state index contributed by atoms with van der Waals surface area (Å²) in [5.74, 6) is -0.00958. The van der Waals surface area contributed by atoms with Gasteiger partial charge in [-0.25, -0.2) is 4.68 Å². The molecule has 0 radical (unpaired) electrons. The quantitative estimate of drug-likeness (QED) is 0.434. The first-order valence-electron chi connectivity index (χ1n) is 10.0. The minimum Gasteiger partial charge on any atom is -0.351 e. The standard InChI is InChI=1S/C22H23N7O2S/c1-15-9-7-8-10-17(15)13-23-19(30)14-32-22-24-25-26-28(22)20-16(2)27(3)29(21(20)31)18-11-5-4-6-12-18/h4-12H,13-14H2,1-3H3,(H,23,30). The number of thioether (sulfide) groups is 1. The molecule has 4 rings (SSSR count). The molecule has 0 aliphatic rings. The van der Waals surface area contributed by atoms with Crippen LogP contribution in [-0.2, 0) is 18.4 Å². The van der Waals surface area contributed by atoms with Crippen molar-refractivity contribution >= 4 is 17.7 Å². The summed E-state index contributed by atoms with van der Waals surface area (Å²) >= 11 is 1.18. The molecule has 0 saturated carbocycles. The molecule has 0 aliphatic heterocycles. The highest BCUT2D eigenvalue weighted by molar-refractivity contribution is 7.99. The molecule has 0 saturated heterocycles. The van der Waals surface area contributed by atoms with E-state index >= 15 is 0 Å². The van der Waals surface area contributed by atoms with Crippen LogP contribution in [0.5, 0.6) is 0 Å². The Morgan fingerprint density at radius 1 is 1.06 bits per heavy atom. The molecule has 0 atom stereocenters. The number of hydrogen-bond donors (Lipinski definition) is 1. The van der Waals surface area contributed by atoms with Crippen LogP contribution in [0.1, 0.15) is 16.8 Å². The van der Waals surface area contributed by atoms with Gasteiger partial charge in [-0.3, -0.25) is 14.3 Å². The van der Waals surface area contributed by atoms with E-state index in [0.717, 1.165) is 16.8 Å². The summed E-state index contributed by atoms with van der Waals surface area (Å²) in [5.41, 5.74) is 3.75. The van der Waals surface area contributed by atoms with E-state index < -0.39 is 0 Å². The predicted molar refractivity (Wildman–Crippen MR) is 122 cm³/mol. The maximum absolute atomic E-state index is 13.2. The highest BCUT2D eigenvalue weighted by Crippen LogP contribution is 2.20. The number of amides is 1. The Bertz CT molecular complexity index is 1310. The van der Waals surface area contributed by atoms with Crippen molar-refractivity contribution in [3.8, 4) is 11.4 Å². The molecule has 32 heavy (non-hydrogen) atoms. The molecule has 9 nitrogen and oxygen atoms in total. The third-order valence-corrected chi connectivity index (χ3v) is 6.17. The van der Waals surface area contributed by atoms with Crippen molar-refractivity contribution in [1.82, 2.24) is 34.9 Å². The first-order chi connectivity index (χ1) is 15.5. The molecule has 4 aromatic rings. The lowest BCUT2D eigenvalue weighted by Crippen LogP contribution is -2.25. The number of hydrogen-bond acceptors (Lipinski definition) is 6. The molecule has 0 unspecified atom stereocenters. The van der Waals surface area contributed by atoms with Gasteiger partial charge in [0.05, 0.1) is 17.1 Å². The molecule has 2 heterocycles. The smallest absolute Gasteiger partial charge is 0.297 e. The monoisotopic (exact) mass is 449 g/mol. The molecular formula is C22H23N7O2S. The van der Waals surface area contributed by atoms with Gasteiger partial charge in [0.15, 0.2) is 5.69 Å². The second kappa shape index (κ2) is 9.23. The third-order valence-electron chi connectivity index (χ3n) is 5.25. The van der Waals surface area contributed by atoms with Crippen molar-refractivity contribution in [3.05, 3.63) is 81.8 Å². The summed E-state index contributed by atoms with van der Waals surface area (Å²) in [6.07, 6.45) is 0. The first-order valence-corrected chi connectivity index (χ1v) is 11.0. The number of carbonyl (C=O) groups excluding carboxylic acids is 1. The van der Waals surface area contributed by atoms with Gasteiger partial charge in [0.1, 0.15) is 0 Å². The van der Waals surface area contributed by atoms with Gasteiger partial charge in [0, 0.05) is 13.6 Å². The van der Waals surface area contributed by atoms with Crippen LogP contribution in [0, 0.1) is 13.8 Å². The number of aryl methyl sites for hydroxylation is 1. The number of benzene rings is 2. The minimum absolute atomic E-state index is 0.130. The number of carbonyl (C=O) groups is 1. The topological polar surface area (TPSA) is 99.6 Å². The Hall–Kier alpha value is -3.66. The largest absolute Gasteiger partial charge is 0.351 e. The van der Waals surface area contributed by atoms with Crippen LogP contribution in [0.15, 0.2) is 64.5 Å². The maximum Gasteiger partial charge on any atom is 0.297 e. The average Bonchev–Trinajstić information content (AvgIpc) is 3.34. The lowest BCUT2D eigenvalue weighted by molar-refractivity contribution is -0.118. The van der Waals surface area contributed by atoms with Crippen LogP contribution in [0.2, 0.25) is 0 Å². The summed E-state index contributed by atoms with van der Waals surface area (Å²) in [6, 6.07) is 17.3. The van der Waals surface area contributed by atoms with Gasteiger partial charge < -0.3 is 5.32 Å². The molecule has 2 aromatic heterocycles. The molecule has 164 valence electrons. The zero-order chi connectivity index (χ0) is 22.7. The van der Waals surface area contributed by atoms with E-state index in [9.17, 15) is 9.59 Å². The van der Waals surface area contributed by atoms with E-state index in [1.807, 2.05) is 75.5 Å². The Morgan fingerprint density at radius 3 is 2.53 bits per heavy atom. The summed E-state index contributed by atoms with van der Waals surface area (Å²) in [6.45, 7) is 4.30.